The van der Waals surface area contributed by atoms with Gasteiger partial charge in [-0.3, -0.25) is 4.79 Å². The van der Waals surface area contributed by atoms with Crippen LogP contribution >= 0.6 is 0 Å². The van der Waals surface area contributed by atoms with Crippen LogP contribution in [0, 0.1) is 12.8 Å². The van der Waals surface area contributed by atoms with Crippen LogP contribution in [-0.4, -0.2) is 5.78 Å². The first-order valence-electron chi connectivity index (χ1n) is 7.77. The number of aryl methyl sites for hydroxylation is 1. The van der Waals surface area contributed by atoms with E-state index in [1.165, 1.54) is 24.0 Å². The van der Waals surface area contributed by atoms with E-state index in [0.29, 0.717) is 5.92 Å². The Morgan fingerprint density at radius 3 is 2.30 bits per heavy atom. The molecule has 0 N–H and O–H groups in total. The zero-order valence-corrected chi connectivity index (χ0v) is 14.1. The van der Waals surface area contributed by atoms with Crippen LogP contribution in [0.5, 0.6) is 0 Å². The first-order chi connectivity index (χ1) is 9.11. The van der Waals surface area contributed by atoms with E-state index >= 15 is 0 Å². The van der Waals surface area contributed by atoms with Gasteiger partial charge in [0.25, 0.3) is 0 Å². The zero-order chi connectivity index (χ0) is 15.3. The SMILES string of the molecule is CC[C@@H]1CC(C)(C)c2cc(C(C)=O)c(C)cc2C1(C)C. The molecule has 0 saturated carbocycles. The van der Waals surface area contributed by atoms with Crippen molar-refractivity contribution in [3.8, 4) is 0 Å². The Morgan fingerprint density at radius 1 is 1.20 bits per heavy atom. The van der Waals surface area contributed by atoms with Gasteiger partial charge >= 0.3 is 0 Å². The molecule has 2 rings (SSSR count). The van der Waals surface area contributed by atoms with Gasteiger partial charge in [-0.2, -0.15) is 0 Å². The van der Waals surface area contributed by atoms with Crippen molar-refractivity contribution in [2.75, 3.05) is 0 Å². The molecule has 0 spiro atoms. The molecule has 0 aromatic heterocycles. The number of hydrogen-bond acceptors (Lipinski definition) is 1. The van der Waals surface area contributed by atoms with Gasteiger partial charge in [0, 0.05) is 5.56 Å². The largest absolute Gasteiger partial charge is 0.295 e. The highest BCUT2D eigenvalue weighted by atomic mass is 16.1. The minimum Gasteiger partial charge on any atom is -0.295 e. The lowest BCUT2D eigenvalue weighted by atomic mass is 9.56. The van der Waals surface area contributed by atoms with E-state index in [4.69, 9.17) is 0 Å². The number of fused-ring (bicyclic) bond motifs is 1. The van der Waals surface area contributed by atoms with E-state index < -0.39 is 0 Å². The van der Waals surface area contributed by atoms with Gasteiger partial charge in [-0.1, -0.05) is 47.1 Å². The number of carbonyl (C=O) groups is 1. The molecule has 1 aliphatic rings. The molecule has 1 aromatic carbocycles. The molecular formula is C19H28O. The molecule has 1 heteroatoms. The van der Waals surface area contributed by atoms with E-state index in [-0.39, 0.29) is 16.6 Å². The maximum atomic E-state index is 11.8. The van der Waals surface area contributed by atoms with Crippen molar-refractivity contribution in [1.82, 2.24) is 0 Å². The lowest BCUT2D eigenvalue weighted by Gasteiger charge is -2.48. The number of benzene rings is 1. The molecule has 0 saturated heterocycles. The molecule has 0 aliphatic heterocycles. The van der Waals surface area contributed by atoms with E-state index in [0.717, 1.165) is 11.1 Å². The Balaban J connectivity index is 2.73. The summed E-state index contributed by atoms with van der Waals surface area (Å²) < 4.78 is 0. The molecule has 0 radical (unpaired) electrons. The quantitative estimate of drug-likeness (QED) is 0.678. The number of hydrogen-bond donors (Lipinski definition) is 0. The van der Waals surface area contributed by atoms with Crippen LogP contribution in [0.25, 0.3) is 0 Å². The van der Waals surface area contributed by atoms with E-state index in [1.54, 1.807) is 6.92 Å². The number of ketones is 1. The average Bonchev–Trinajstić information content (AvgIpc) is 2.33. The Hall–Kier alpha value is -1.11. The van der Waals surface area contributed by atoms with Gasteiger partial charge in [-0.15, -0.1) is 0 Å². The Labute approximate surface area is 123 Å². The minimum absolute atomic E-state index is 0.156. The molecule has 0 unspecified atom stereocenters. The topological polar surface area (TPSA) is 17.1 Å². The van der Waals surface area contributed by atoms with Crippen molar-refractivity contribution in [3.05, 3.63) is 34.4 Å². The molecule has 1 atom stereocenters. The summed E-state index contributed by atoms with van der Waals surface area (Å²) >= 11 is 0. The van der Waals surface area contributed by atoms with Gasteiger partial charge in [0.15, 0.2) is 5.78 Å². The van der Waals surface area contributed by atoms with Gasteiger partial charge in [-0.25, -0.2) is 0 Å². The van der Waals surface area contributed by atoms with Crippen molar-refractivity contribution < 1.29 is 4.79 Å². The third-order valence-electron chi connectivity index (χ3n) is 5.44. The van der Waals surface area contributed by atoms with Crippen molar-refractivity contribution in [3.63, 3.8) is 0 Å². The van der Waals surface area contributed by atoms with Gasteiger partial charge < -0.3 is 0 Å². The van der Waals surface area contributed by atoms with Crippen molar-refractivity contribution in [1.29, 1.82) is 0 Å². The number of Topliss-reactive ketones (excluding diaryl/α,β-unsaturated/α-hetero) is 1. The van der Waals surface area contributed by atoms with Crippen LogP contribution < -0.4 is 0 Å². The van der Waals surface area contributed by atoms with Crippen LogP contribution in [0.2, 0.25) is 0 Å². The summed E-state index contributed by atoms with van der Waals surface area (Å²) in [7, 11) is 0. The smallest absolute Gasteiger partial charge is 0.160 e. The van der Waals surface area contributed by atoms with Crippen LogP contribution in [0.15, 0.2) is 12.1 Å². The summed E-state index contributed by atoms with van der Waals surface area (Å²) in [4.78, 5) is 11.8. The maximum Gasteiger partial charge on any atom is 0.160 e. The van der Waals surface area contributed by atoms with Crippen molar-refractivity contribution in [2.45, 2.75) is 72.1 Å². The summed E-state index contributed by atoms with van der Waals surface area (Å²) in [6, 6.07) is 4.44. The predicted octanol–water partition coefficient (Wildman–Crippen LogP) is 5.18. The van der Waals surface area contributed by atoms with Crippen LogP contribution in [0.1, 0.15) is 81.4 Å². The van der Waals surface area contributed by atoms with E-state index in [2.05, 4.69) is 53.7 Å². The highest BCUT2D eigenvalue weighted by Crippen LogP contribution is 2.50. The Bertz CT molecular complexity index is 549. The van der Waals surface area contributed by atoms with Crippen molar-refractivity contribution >= 4 is 5.78 Å². The molecule has 0 amide bonds. The van der Waals surface area contributed by atoms with Gasteiger partial charge in [0.1, 0.15) is 0 Å². The molecule has 0 bridgehead atoms. The predicted molar refractivity (Wildman–Crippen MR) is 85.6 cm³/mol. The summed E-state index contributed by atoms with van der Waals surface area (Å²) in [6.45, 7) is 15.4. The van der Waals surface area contributed by atoms with Gasteiger partial charge in [0.2, 0.25) is 0 Å². The second kappa shape index (κ2) is 4.72. The fourth-order valence-electron chi connectivity index (χ4n) is 4.04. The number of rotatable bonds is 2. The fraction of sp³-hybridized carbons (Fsp3) is 0.632. The first kappa shape index (κ1) is 15.3. The van der Waals surface area contributed by atoms with E-state index in [1.807, 2.05) is 0 Å². The first-order valence-corrected chi connectivity index (χ1v) is 7.77. The van der Waals surface area contributed by atoms with Gasteiger partial charge in [-0.05, 0) is 59.8 Å². The van der Waals surface area contributed by atoms with Crippen LogP contribution in [-0.2, 0) is 10.8 Å². The minimum atomic E-state index is 0.156. The average molecular weight is 272 g/mol. The number of carbonyl (C=O) groups excluding carboxylic acids is 1. The molecule has 110 valence electrons. The molecule has 1 nitrogen and oxygen atoms in total. The summed E-state index contributed by atoms with van der Waals surface area (Å²) in [6.07, 6.45) is 2.41. The van der Waals surface area contributed by atoms with Crippen LogP contribution in [0.4, 0.5) is 0 Å². The standard InChI is InChI=1S/C19H28O/c1-8-14-11-18(4,5)16-10-15(13(3)20)12(2)9-17(16)19(14,6)7/h9-10,14H,8,11H2,1-7H3/t14-/m1/s1. The van der Waals surface area contributed by atoms with E-state index in [9.17, 15) is 4.79 Å². The molecule has 0 heterocycles. The lowest BCUT2D eigenvalue weighted by molar-refractivity contribution is 0.101. The molecular weight excluding hydrogens is 244 g/mol. The molecule has 20 heavy (non-hydrogen) atoms. The highest BCUT2D eigenvalue weighted by Gasteiger charge is 2.43. The second-order valence-corrected chi connectivity index (χ2v) is 7.68. The third kappa shape index (κ3) is 2.21. The molecule has 1 aromatic rings. The lowest BCUT2D eigenvalue weighted by Crippen LogP contribution is -2.41. The Kier molecular flexibility index (Phi) is 3.60. The normalized spacial score (nSPS) is 23.2. The van der Waals surface area contributed by atoms with Crippen molar-refractivity contribution in [2.24, 2.45) is 5.92 Å². The summed E-state index contributed by atoms with van der Waals surface area (Å²) in [5, 5.41) is 0. The summed E-state index contributed by atoms with van der Waals surface area (Å²) in [5.41, 5.74) is 5.19. The summed E-state index contributed by atoms with van der Waals surface area (Å²) in [5.74, 6) is 0.879. The second-order valence-electron chi connectivity index (χ2n) is 7.68. The zero-order valence-electron chi connectivity index (χ0n) is 14.1. The highest BCUT2D eigenvalue weighted by molar-refractivity contribution is 5.96. The Morgan fingerprint density at radius 2 is 1.80 bits per heavy atom. The van der Waals surface area contributed by atoms with Gasteiger partial charge in [0.05, 0.1) is 0 Å². The molecule has 1 aliphatic carbocycles. The maximum absolute atomic E-state index is 11.8. The van der Waals surface area contributed by atoms with Crippen LogP contribution in [0.3, 0.4) is 0 Å². The fourth-order valence-corrected chi connectivity index (χ4v) is 4.04. The monoisotopic (exact) mass is 272 g/mol. The molecule has 0 fully saturated rings. The third-order valence-corrected chi connectivity index (χ3v) is 5.44.